The molecule has 0 amide bonds. The van der Waals surface area contributed by atoms with Gasteiger partial charge in [-0.05, 0) is 79.8 Å². The van der Waals surface area contributed by atoms with E-state index >= 15 is 0 Å². The zero-order valence-electron chi connectivity index (χ0n) is 19.8. The van der Waals surface area contributed by atoms with Gasteiger partial charge in [-0.2, -0.15) is 15.0 Å². The third-order valence-corrected chi connectivity index (χ3v) is 6.51. The molecule has 1 N–H and O–H groups in total. The standard InChI is InChI=1S/C21H35ClN6O3/c1-18(2)9-13(10-19(3,4)27(18)29)23-16-24-15(22)25-17(26-16)31-14-11-20(5,6)28(30)21(7,8)12-14/h13-14H,9-12H2,1-8H3,(H,23,24,25,26). The molecule has 2 aliphatic heterocycles. The second-order valence-corrected chi connectivity index (χ2v) is 11.8. The fraction of sp³-hybridized carbons (Fsp3) is 0.857. The van der Waals surface area contributed by atoms with Crippen molar-refractivity contribution < 1.29 is 15.2 Å². The summed E-state index contributed by atoms with van der Waals surface area (Å²) < 4.78 is 6.07. The zero-order valence-corrected chi connectivity index (χ0v) is 20.6. The van der Waals surface area contributed by atoms with Gasteiger partial charge in [0.05, 0.1) is 0 Å². The number of nitrogens with one attached hydrogen (secondary N) is 1. The van der Waals surface area contributed by atoms with Crippen molar-refractivity contribution in [2.45, 2.75) is 115 Å². The lowest BCUT2D eigenvalue weighted by atomic mass is 9.79. The van der Waals surface area contributed by atoms with Crippen LogP contribution in [0.5, 0.6) is 6.01 Å². The van der Waals surface area contributed by atoms with Crippen molar-refractivity contribution in [3.8, 4) is 6.01 Å². The number of piperidine rings is 2. The van der Waals surface area contributed by atoms with Gasteiger partial charge < -0.3 is 10.1 Å². The van der Waals surface area contributed by atoms with E-state index in [0.29, 0.717) is 31.6 Å². The van der Waals surface area contributed by atoms with Gasteiger partial charge in [-0.1, -0.05) is 0 Å². The van der Waals surface area contributed by atoms with E-state index in [2.05, 4.69) is 20.3 Å². The quantitative estimate of drug-likeness (QED) is 0.731. The first-order valence-electron chi connectivity index (χ1n) is 10.8. The lowest BCUT2D eigenvalue weighted by Crippen LogP contribution is -2.60. The molecule has 3 rings (SSSR count). The summed E-state index contributed by atoms with van der Waals surface area (Å²) in [7, 11) is 0. The summed E-state index contributed by atoms with van der Waals surface area (Å²) in [6.07, 6.45) is 2.17. The molecule has 0 unspecified atom stereocenters. The lowest BCUT2D eigenvalue weighted by Gasteiger charge is -2.50. The van der Waals surface area contributed by atoms with Crippen LogP contribution < -0.4 is 10.1 Å². The van der Waals surface area contributed by atoms with Crippen molar-refractivity contribution in [1.82, 2.24) is 25.1 Å². The van der Waals surface area contributed by atoms with Gasteiger partial charge in [0.15, 0.2) is 0 Å². The highest BCUT2D eigenvalue weighted by Crippen LogP contribution is 2.39. The maximum Gasteiger partial charge on any atom is 0.322 e. The molecule has 2 radical (unpaired) electrons. The van der Waals surface area contributed by atoms with Crippen LogP contribution in [0.2, 0.25) is 5.28 Å². The van der Waals surface area contributed by atoms with Crippen LogP contribution in [-0.2, 0) is 10.4 Å². The van der Waals surface area contributed by atoms with Gasteiger partial charge in [0, 0.05) is 41.0 Å². The Bertz CT molecular complexity index is 718. The number of hydroxylamine groups is 4. The number of halogens is 1. The Morgan fingerprint density at radius 1 is 0.806 bits per heavy atom. The summed E-state index contributed by atoms with van der Waals surface area (Å²) in [5.41, 5.74) is -2.15. The molecule has 9 nitrogen and oxygen atoms in total. The highest BCUT2D eigenvalue weighted by atomic mass is 35.5. The molecular formula is C21H35ClN6O3. The average Bonchev–Trinajstić information content (AvgIpc) is 2.56. The van der Waals surface area contributed by atoms with E-state index in [1.807, 2.05) is 55.4 Å². The number of aromatic nitrogens is 3. The van der Waals surface area contributed by atoms with Crippen molar-refractivity contribution >= 4 is 17.5 Å². The van der Waals surface area contributed by atoms with E-state index in [4.69, 9.17) is 16.3 Å². The molecule has 2 aliphatic rings. The molecule has 2 fully saturated rings. The Hall–Kier alpha value is -1.26. The topological polar surface area (TPSA) is 106 Å². The molecule has 0 aliphatic carbocycles. The fourth-order valence-corrected chi connectivity index (χ4v) is 5.55. The van der Waals surface area contributed by atoms with E-state index in [1.54, 1.807) is 0 Å². The molecule has 31 heavy (non-hydrogen) atoms. The molecule has 2 saturated heterocycles. The Balaban J connectivity index is 1.75. The highest BCUT2D eigenvalue weighted by molar-refractivity contribution is 6.28. The predicted molar refractivity (Wildman–Crippen MR) is 116 cm³/mol. The summed E-state index contributed by atoms with van der Waals surface area (Å²) in [6.45, 7) is 15.4. The van der Waals surface area contributed by atoms with E-state index in [0.717, 1.165) is 5.06 Å². The number of hydrogen-bond donors (Lipinski definition) is 1. The summed E-state index contributed by atoms with van der Waals surface area (Å²) in [5, 5.41) is 30.9. The molecule has 1 aromatic rings. The van der Waals surface area contributed by atoms with E-state index in [-0.39, 0.29) is 23.4 Å². The van der Waals surface area contributed by atoms with Gasteiger partial charge in [-0.15, -0.1) is 20.5 Å². The van der Waals surface area contributed by atoms with Crippen LogP contribution >= 0.6 is 11.6 Å². The summed E-state index contributed by atoms with van der Waals surface area (Å²) in [4.78, 5) is 12.8. The second-order valence-electron chi connectivity index (χ2n) is 11.4. The Labute approximate surface area is 190 Å². The smallest absolute Gasteiger partial charge is 0.322 e. The zero-order chi connectivity index (χ0) is 23.4. The first kappa shape index (κ1) is 24.4. The number of rotatable bonds is 4. The third-order valence-electron chi connectivity index (χ3n) is 6.34. The van der Waals surface area contributed by atoms with Gasteiger partial charge in [-0.25, -0.2) is 0 Å². The minimum absolute atomic E-state index is 0.00286. The molecule has 1 aromatic heterocycles. The Morgan fingerprint density at radius 3 is 1.74 bits per heavy atom. The van der Waals surface area contributed by atoms with Crippen molar-refractivity contribution in [1.29, 1.82) is 0 Å². The molecular weight excluding hydrogens is 420 g/mol. The van der Waals surface area contributed by atoms with Crippen LogP contribution in [-0.4, -0.2) is 59.4 Å². The maximum absolute atomic E-state index is 12.6. The monoisotopic (exact) mass is 454 g/mol. The van der Waals surface area contributed by atoms with Crippen LogP contribution in [0.3, 0.4) is 0 Å². The molecule has 0 spiro atoms. The van der Waals surface area contributed by atoms with Crippen LogP contribution in [0.1, 0.15) is 81.1 Å². The second kappa shape index (κ2) is 7.95. The van der Waals surface area contributed by atoms with Gasteiger partial charge in [0.1, 0.15) is 6.10 Å². The van der Waals surface area contributed by atoms with Crippen LogP contribution in [0.15, 0.2) is 0 Å². The first-order valence-corrected chi connectivity index (χ1v) is 11.2. The molecule has 0 bridgehead atoms. The SMILES string of the molecule is CC1(C)CC(Nc2nc(Cl)nc(OC3CC(C)(C)N([O])C(C)(C)C3)n2)CC(C)(C)N1[O]. The number of ether oxygens (including phenoxy) is 1. The van der Waals surface area contributed by atoms with Crippen molar-refractivity contribution in [3.63, 3.8) is 0 Å². The van der Waals surface area contributed by atoms with Gasteiger partial charge in [-0.3, -0.25) is 0 Å². The molecule has 174 valence electrons. The van der Waals surface area contributed by atoms with Gasteiger partial charge in [0.2, 0.25) is 11.2 Å². The minimum Gasteiger partial charge on any atom is -0.460 e. The molecule has 0 aromatic carbocycles. The van der Waals surface area contributed by atoms with Crippen LogP contribution in [0.4, 0.5) is 5.95 Å². The lowest BCUT2D eigenvalue weighted by molar-refractivity contribution is -0.297. The van der Waals surface area contributed by atoms with Crippen molar-refractivity contribution in [2.75, 3.05) is 5.32 Å². The maximum atomic E-state index is 12.6. The Kier molecular flexibility index (Phi) is 6.25. The van der Waals surface area contributed by atoms with E-state index in [9.17, 15) is 10.4 Å². The average molecular weight is 455 g/mol. The van der Waals surface area contributed by atoms with E-state index < -0.39 is 22.2 Å². The summed E-state index contributed by atoms with van der Waals surface area (Å²) >= 11 is 6.16. The number of anilines is 1. The van der Waals surface area contributed by atoms with Crippen molar-refractivity contribution in [2.24, 2.45) is 0 Å². The minimum atomic E-state index is -0.562. The van der Waals surface area contributed by atoms with Crippen LogP contribution in [0.25, 0.3) is 0 Å². The summed E-state index contributed by atoms with van der Waals surface area (Å²) in [6, 6.07) is 0.140. The van der Waals surface area contributed by atoms with Gasteiger partial charge in [0.25, 0.3) is 0 Å². The molecule has 3 heterocycles. The predicted octanol–water partition coefficient (Wildman–Crippen LogP) is 4.05. The largest absolute Gasteiger partial charge is 0.460 e. The molecule has 10 heteroatoms. The first-order chi connectivity index (χ1) is 14.0. The van der Waals surface area contributed by atoms with Crippen LogP contribution in [0, 0.1) is 0 Å². The van der Waals surface area contributed by atoms with E-state index in [1.165, 1.54) is 5.06 Å². The van der Waals surface area contributed by atoms with Crippen molar-refractivity contribution in [3.05, 3.63) is 5.28 Å². The molecule has 0 saturated carbocycles. The normalized spacial score (nSPS) is 26.5. The third kappa shape index (κ3) is 5.22. The summed E-state index contributed by atoms with van der Waals surface area (Å²) in [5.74, 6) is 0.325. The molecule has 0 atom stereocenters. The number of hydrogen-bond acceptors (Lipinski definition) is 7. The Morgan fingerprint density at radius 2 is 1.26 bits per heavy atom. The fourth-order valence-electron chi connectivity index (χ4n) is 5.40. The highest BCUT2D eigenvalue weighted by Gasteiger charge is 2.48. The van der Waals surface area contributed by atoms with Gasteiger partial charge >= 0.3 is 6.01 Å². The number of nitrogens with zero attached hydrogens (tertiary/aromatic N) is 5.